The van der Waals surface area contributed by atoms with Crippen LogP contribution in [0.1, 0.15) is 49.9 Å². The molecule has 0 saturated heterocycles. The van der Waals surface area contributed by atoms with E-state index in [1.807, 2.05) is 121 Å². The van der Waals surface area contributed by atoms with Gasteiger partial charge in [0.2, 0.25) is 5.76 Å². The molecule has 11 heteroatoms. The van der Waals surface area contributed by atoms with Crippen molar-refractivity contribution in [2.75, 3.05) is 6.61 Å². The van der Waals surface area contributed by atoms with Crippen LogP contribution < -0.4 is 0 Å². The van der Waals surface area contributed by atoms with Gasteiger partial charge in [-0.15, -0.1) is 0 Å². The summed E-state index contributed by atoms with van der Waals surface area (Å²) >= 11 is 0. The summed E-state index contributed by atoms with van der Waals surface area (Å²) in [5.74, 6) is -2.56. The Morgan fingerprint density at radius 2 is 1.06 bits per heavy atom. The second kappa shape index (κ2) is 19.2. The fourth-order valence-corrected chi connectivity index (χ4v) is 7.17. The highest BCUT2D eigenvalue weighted by molar-refractivity contribution is 7.48. The first-order valence-electron chi connectivity index (χ1n) is 17.4. The van der Waals surface area contributed by atoms with Gasteiger partial charge in [-0.25, -0.2) is 9.36 Å². The van der Waals surface area contributed by atoms with Crippen LogP contribution in [-0.2, 0) is 63.3 Å². The number of hydrogen-bond acceptors (Lipinski definition) is 8. The normalized spacial score (nSPS) is 13.9. The molecular formula is C41H51O9PSi. The lowest BCUT2D eigenvalue weighted by Gasteiger charge is -2.38. The molecule has 4 rings (SSSR count). The molecule has 0 aliphatic heterocycles. The lowest BCUT2D eigenvalue weighted by atomic mass is 10.0. The summed E-state index contributed by atoms with van der Waals surface area (Å²) in [5.41, 5.74) is 3.13. The van der Waals surface area contributed by atoms with Crippen LogP contribution in [0, 0.1) is 5.92 Å². The number of carboxylic acids is 1. The molecule has 52 heavy (non-hydrogen) atoms. The fourth-order valence-electron chi connectivity index (χ4n) is 4.77. The van der Waals surface area contributed by atoms with Crippen LogP contribution >= 0.6 is 7.82 Å². The van der Waals surface area contributed by atoms with E-state index >= 15 is 0 Å². The molecule has 0 spiro atoms. The molecule has 0 radical (unpaired) electrons. The maximum atomic E-state index is 14.7. The van der Waals surface area contributed by atoms with E-state index in [0.29, 0.717) is 0 Å². The van der Waals surface area contributed by atoms with Gasteiger partial charge in [0.15, 0.2) is 14.1 Å². The number of phosphoric acid groups is 1. The maximum Gasteiger partial charge on any atom is 0.475 e. The van der Waals surface area contributed by atoms with E-state index < -0.39 is 39.9 Å². The van der Waals surface area contributed by atoms with Gasteiger partial charge < -0.3 is 19.0 Å². The Morgan fingerprint density at radius 1 is 0.673 bits per heavy atom. The van der Waals surface area contributed by atoms with Crippen molar-refractivity contribution in [2.45, 2.75) is 78.4 Å². The number of hydrogen-bond donors (Lipinski definition) is 1. The molecule has 0 unspecified atom stereocenters. The zero-order valence-corrected chi connectivity index (χ0v) is 32.8. The Morgan fingerprint density at radius 3 is 1.44 bits per heavy atom. The minimum absolute atomic E-state index is 0.00813. The highest BCUT2D eigenvalue weighted by atomic mass is 31.2. The Kier molecular flexibility index (Phi) is 15.0. The zero-order chi connectivity index (χ0) is 37.6. The van der Waals surface area contributed by atoms with E-state index in [1.54, 1.807) is 6.92 Å². The van der Waals surface area contributed by atoms with E-state index in [2.05, 4.69) is 33.9 Å². The summed E-state index contributed by atoms with van der Waals surface area (Å²) in [4.78, 5) is 12.9. The van der Waals surface area contributed by atoms with Crippen LogP contribution in [0.4, 0.5) is 0 Å². The van der Waals surface area contributed by atoms with Crippen LogP contribution in [0.2, 0.25) is 18.1 Å². The predicted molar refractivity (Wildman–Crippen MR) is 204 cm³/mol. The molecule has 0 aliphatic rings. The lowest BCUT2D eigenvalue weighted by molar-refractivity contribution is -0.137. The molecule has 0 heterocycles. The number of aliphatic carboxylic acids is 1. The van der Waals surface area contributed by atoms with Gasteiger partial charge in [-0.2, -0.15) is 0 Å². The maximum absolute atomic E-state index is 14.7. The summed E-state index contributed by atoms with van der Waals surface area (Å²) < 4.78 is 52.1. The summed E-state index contributed by atoms with van der Waals surface area (Å²) in [6, 6.07) is 37.3. The molecule has 9 nitrogen and oxygen atoms in total. The SMILES string of the molecule is C[C@@H](/C(OCc1ccccc1)=C(/OCc1ccccc1)C(=O)O)[C@H](CO[Si](C)(C)C(C)(C)C)OP(=O)(OCc1ccccc1)OCc1ccccc1. The van der Waals surface area contributed by atoms with Gasteiger partial charge in [0.1, 0.15) is 19.3 Å². The minimum Gasteiger partial charge on any atom is -0.489 e. The number of carboxylic acid groups (broad SMARTS) is 1. The topological polar surface area (TPSA) is 110 Å². The van der Waals surface area contributed by atoms with Crippen molar-refractivity contribution in [2.24, 2.45) is 5.92 Å². The van der Waals surface area contributed by atoms with Crippen molar-refractivity contribution < 1.29 is 41.9 Å². The Balaban J connectivity index is 1.75. The second-order valence-corrected chi connectivity index (χ2v) is 20.4. The molecule has 0 aliphatic carbocycles. The Hall–Kier alpha value is -4.02. The summed E-state index contributed by atoms with van der Waals surface area (Å²) in [6.45, 7) is 12.2. The molecule has 1 N–H and O–H groups in total. The quantitative estimate of drug-likeness (QED) is 0.0409. The van der Waals surface area contributed by atoms with Crippen LogP contribution in [0.15, 0.2) is 133 Å². The molecule has 4 aromatic rings. The summed E-state index contributed by atoms with van der Waals surface area (Å²) in [7, 11) is -6.75. The third kappa shape index (κ3) is 12.6. The van der Waals surface area contributed by atoms with Crippen molar-refractivity contribution in [1.82, 2.24) is 0 Å². The van der Waals surface area contributed by atoms with E-state index in [4.69, 9.17) is 27.5 Å². The standard InChI is InChI=1S/C41H51O9PSi/c1-32(38(45-27-33-19-11-7-12-20-33)39(40(42)43)46-28-34-21-13-8-14-22-34)37(31-49-52(5,6)41(2,3)4)50-51(44,47-29-35-23-15-9-16-24-35)48-30-36-25-17-10-18-26-36/h7-26,32,37H,27-31H2,1-6H3,(H,42,43)/b39-38-/t32-,37+/m1/s1. The molecule has 0 aromatic heterocycles. The van der Waals surface area contributed by atoms with Crippen molar-refractivity contribution in [3.63, 3.8) is 0 Å². The number of phosphoric ester groups is 1. The smallest absolute Gasteiger partial charge is 0.475 e. The average Bonchev–Trinajstić information content (AvgIpc) is 3.14. The molecule has 4 aromatic carbocycles. The van der Waals surface area contributed by atoms with Gasteiger partial charge >= 0.3 is 13.8 Å². The van der Waals surface area contributed by atoms with Gasteiger partial charge in [-0.05, 0) is 40.4 Å². The third-order valence-corrected chi connectivity index (χ3v) is 14.9. The summed E-state index contributed by atoms with van der Waals surface area (Å²) in [6.07, 6.45) is -1.05. The van der Waals surface area contributed by atoms with E-state index in [1.165, 1.54) is 0 Å². The fraction of sp³-hybridized carbons (Fsp3) is 0.341. The number of ether oxygens (including phenoxy) is 2. The van der Waals surface area contributed by atoms with Gasteiger partial charge in [0, 0.05) is 5.92 Å². The predicted octanol–water partition coefficient (Wildman–Crippen LogP) is 10.3. The van der Waals surface area contributed by atoms with Crippen LogP contribution in [0.25, 0.3) is 0 Å². The van der Waals surface area contributed by atoms with Crippen LogP contribution in [-0.4, -0.2) is 32.1 Å². The largest absolute Gasteiger partial charge is 0.489 e. The highest BCUT2D eigenvalue weighted by Crippen LogP contribution is 2.53. The molecule has 0 bridgehead atoms. The Labute approximate surface area is 309 Å². The lowest BCUT2D eigenvalue weighted by Crippen LogP contribution is -2.44. The molecule has 0 amide bonds. The number of carbonyl (C=O) groups is 1. The first-order valence-corrected chi connectivity index (χ1v) is 21.7. The Bertz CT molecular complexity index is 1700. The third-order valence-electron chi connectivity index (χ3n) is 9.00. The molecule has 2 atom stereocenters. The van der Waals surface area contributed by atoms with Crippen LogP contribution in [0.3, 0.4) is 0 Å². The van der Waals surface area contributed by atoms with Gasteiger partial charge in [-0.1, -0.05) is 149 Å². The number of benzene rings is 4. The zero-order valence-electron chi connectivity index (χ0n) is 30.9. The second-order valence-electron chi connectivity index (χ2n) is 14.0. The average molecular weight is 747 g/mol. The molecule has 0 saturated carbocycles. The van der Waals surface area contributed by atoms with Gasteiger partial charge in [0.05, 0.1) is 19.8 Å². The van der Waals surface area contributed by atoms with Gasteiger partial charge in [-0.3, -0.25) is 13.6 Å². The van der Waals surface area contributed by atoms with E-state index in [9.17, 15) is 14.5 Å². The van der Waals surface area contributed by atoms with Crippen molar-refractivity contribution in [1.29, 1.82) is 0 Å². The molecule has 278 valence electrons. The van der Waals surface area contributed by atoms with Crippen molar-refractivity contribution in [3.8, 4) is 0 Å². The highest BCUT2D eigenvalue weighted by Gasteiger charge is 2.42. The minimum atomic E-state index is -4.35. The molecular weight excluding hydrogens is 696 g/mol. The van der Waals surface area contributed by atoms with Crippen molar-refractivity contribution in [3.05, 3.63) is 155 Å². The van der Waals surface area contributed by atoms with Crippen molar-refractivity contribution >= 4 is 22.1 Å². The summed E-state index contributed by atoms with van der Waals surface area (Å²) in [5, 5.41) is 10.4. The van der Waals surface area contributed by atoms with E-state index in [0.717, 1.165) is 22.3 Å². The first kappa shape index (κ1) is 40.7. The van der Waals surface area contributed by atoms with Gasteiger partial charge in [0.25, 0.3) is 0 Å². The van der Waals surface area contributed by atoms with Crippen LogP contribution in [0.5, 0.6) is 0 Å². The first-order chi connectivity index (χ1) is 24.8. The van der Waals surface area contributed by atoms with E-state index in [-0.39, 0.29) is 43.8 Å². The number of rotatable bonds is 20. The molecule has 0 fully saturated rings. The monoisotopic (exact) mass is 746 g/mol.